The number of amides is 2. The molecule has 2 amide bonds. The summed E-state index contributed by atoms with van der Waals surface area (Å²) < 4.78 is 0. The lowest BCUT2D eigenvalue weighted by Crippen LogP contribution is -2.39. The minimum Gasteiger partial charge on any atom is -0.343 e. The van der Waals surface area contributed by atoms with Gasteiger partial charge >= 0.3 is 0 Å². The van der Waals surface area contributed by atoms with Gasteiger partial charge in [-0.3, -0.25) is 14.6 Å². The summed E-state index contributed by atoms with van der Waals surface area (Å²) in [6.07, 6.45) is 4.96. The van der Waals surface area contributed by atoms with E-state index in [1.807, 2.05) is 29.2 Å². The summed E-state index contributed by atoms with van der Waals surface area (Å²) in [5.41, 5.74) is 3.87. The molecule has 0 bridgehead atoms. The van der Waals surface area contributed by atoms with Crippen molar-refractivity contribution in [3.8, 4) is 0 Å². The van der Waals surface area contributed by atoms with E-state index in [0.29, 0.717) is 11.5 Å². The highest BCUT2D eigenvalue weighted by molar-refractivity contribution is 6.08. The van der Waals surface area contributed by atoms with E-state index in [1.54, 1.807) is 0 Å². The highest BCUT2D eigenvalue weighted by Gasteiger charge is 2.32. The molecule has 0 radical (unpaired) electrons. The van der Waals surface area contributed by atoms with Gasteiger partial charge in [-0.25, -0.2) is 0 Å². The predicted molar refractivity (Wildman–Crippen MR) is 115 cm³/mol. The van der Waals surface area contributed by atoms with Crippen molar-refractivity contribution in [3.63, 3.8) is 0 Å². The van der Waals surface area contributed by atoms with Crippen LogP contribution in [0.1, 0.15) is 61.6 Å². The molecule has 1 saturated heterocycles. The number of hydrogen-bond donors (Lipinski definition) is 1. The minimum absolute atomic E-state index is 0.00986. The summed E-state index contributed by atoms with van der Waals surface area (Å²) in [5, 5.41) is 3.79. The number of rotatable bonds is 3. The number of pyridine rings is 1. The van der Waals surface area contributed by atoms with Crippen molar-refractivity contribution in [3.05, 3.63) is 41.1 Å². The zero-order valence-electron chi connectivity index (χ0n) is 17.8. The van der Waals surface area contributed by atoms with Gasteiger partial charge in [0.05, 0.1) is 17.6 Å². The lowest BCUT2D eigenvalue weighted by molar-refractivity contribution is -0.129. The Morgan fingerprint density at radius 1 is 1.17 bits per heavy atom. The summed E-state index contributed by atoms with van der Waals surface area (Å²) >= 11 is 0. The first-order valence-electron chi connectivity index (χ1n) is 10.8. The van der Waals surface area contributed by atoms with Crippen molar-refractivity contribution in [2.75, 3.05) is 19.6 Å². The van der Waals surface area contributed by atoms with Crippen molar-refractivity contribution in [2.45, 2.75) is 52.9 Å². The van der Waals surface area contributed by atoms with Gasteiger partial charge in [0.25, 0.3) is 5.91 Å². The molecule has 1 N–H and O–H groups in total. The lowest BCUT2D eigenvalue weighted by atomic mass is 9.70. The van der Waals surface area contributed by atoms with Crippen molar-refractivity contribution >= 4 is 22.7 Å². The normalized spacial score (nSPS) is 19.3. The van der Waals surface area contributed by atoms with Gasteiger partial charge in [0.2, 0.25) is 5.91 Å². The number of para-hydroxylation sites is 1. The van der Waals surface area contributed by atoms with Crippen LogP contribution in [0.3, 0.4) is 0 Å². The van der Waals surface area contributed by atoms with Crippen LogP contribution in [0.4, 0.5) is 0 Å². The minimum atomic E-state index is -0.151. The molecule has 4 rings (SSSR count). The molecule has 1 aromatic carbocycles. The fourth-order valence-corrected chi connectivity index (χ4v) is 4.71. The Bertz CT molecular complexity index is 939. The molecule has 29 heavy (non-hydrogen) atoms. The number of aromatic nitrogens is 1. The first-order chi connectivity index (χ1) is 13.8. The fourth-order valence-electron chi connectivity index (χ4n) is 4.71. The van der Waals surface area contributed by atoms with Gasteiger partial charge in [-0.15, -0.1) is 0 Å². The maximum Gasteiger partial charge on any atom is 0.252 e. The largest absolute Gasteiger partial charge is 0.343 e. The molecule has 154 valence electrons. The van der Waals surface area contributed by atoms with E-state index in [-0.39, 0.29) is 23.8 Å². The van der Waals surface area contributed by atoms with Crippen LogP contribution >= 0.6 is 0 Å². The number of carbonyl (C=O) groups is 2. The zero-order chi connectivity index (χ0) is 20.6. The van der Waals surface area contributed by atoms with E-state index in [4.69, 9.17) is 4.98 Å². The van der Waals surface area contributed by atoms with Crippen LogP contribution in [-0.2, 0) is 17.6 Å². The van der Waals surface area contributed by atoms with Crippen molar-refractivity contribution in [1.82, 2.24) is 15.2 Å². The van der Waals surface area contributed by atoms with Crippen LogP contribution in [0.5, 0.6) is 0 Å². The third-order valence-electron chi connectivity index (χ3n) is 6.57. The van der Waals surface area contributed by atoms with Crippen molar-refractivity contribution in [1.29, 1.82) is 0 Å². The molecule has 2 aliphatic rings. The first-order valence-corrected chi connectivity index (χ1v) is 10.8. The molecular weight excluding hydrogens is 362 g/mol. The van der Waals surface area contributed by atoms with Gasteiger partial charge < -0.3 is 10.2 Å². The average molecular weight is 394 g/mol. The summed E-state index contributed by atoms with van der Waals surface area (Å²) in [4.78, 5) is 32.4. The Morgan fingerprint density at radius 3 is 2.62 bits per heavy atom. The van der Waals surface area contributed by atoms with Crippen LogP contribution in [0.15, 0.2) is 24.3 Å². The molecule has 1 aliphatic heterocycles. The van der Waals surface area contributed by atoms with Gasteiger partial charge in [0.15, 0.2) is 0 Å². The Balaban J connectivity index is 1.66. The molecule has 0 spiro atoms. The zero-order valence-corrected chi connectivity index (χ0v) is 17.8. The standard InChI is InChI=1S/C24H31N3O2/c1-24(2,3)16-10-11-20-18(14-16)22(17-8-4-5-9-19(17)26-20)23(29)25-15-21(28)27-12-6-7-13-27/h4-5,8-9,16H,6-7,10-15H2,1-3H3,(H,25,29). The third kappa shape index (κ3) is 4.00. The summed E-state index contributed by atoms with van der Waals surface area (Å²) in [6, 6.07) is 7.85. The Morgan fingerprint density at radius 2 is 1.90 bits per heavy atom. The maximum absolute atomic E-state index is 13.3. The van der Waals surface area contributed by atoms with Crippen molar-refractivity contribution in [2.24, 2.45) is 11.3 Å². The number of carbonyl (C=O) groups excluding carboxylic acids is 2. The average Bonchev–Trinajstić information content (AvgIpc) is 3.23. The van der Waals surface area contributed by atoms with Gasteiger partial charge in [-0.2, -0.15) is 0 Å². The molecule has 5 heteroatoms. The van der Waals surface area contributed by atoms with Crippen LogP contribution in [0.25, 0.3) is 10.9 Å². The quantitative estimate of drug-likeness (QED) is 0.864. The Hall–Kier alpha value is -2.43. The molecule has 2 aromatic rings. The predicted octanol–water partition coefficient (Wildman–Crippen LogP) is 3.74. The van der Waals surface area contributed by atoms with E-state index in [1.165, 1.54) is 0 Å². The molecule has 1 aromatic heterocycles. The number of nitrogens with zero attached hydrogens (tertiary/aromatic N) is 2. The smallest absolute Gasteiger partial charge is 0.252 e. The molecule has 1 atom stereocenters. The molecule has 2 heterocycles. The molecular formula is C24H31N3O2. The number of likely N-dealkylation sites (tertiary alicyclic amines) is 1. The Labute approximate surface area is 172 Å². The van der Waals surface area contributed by atoms with Gasteiger partial charge in [0.1, 0.15) is 0 Å². The molecule has 1 unspecified atom stereocenters. The van der Waals surface area contributed by atoms with Crippen LogP contribution < -0.4 is 5.32 Å². The maximum atomic E-state index is 13.3. The summed E-state index contributed by atoms with van der Waals surface area (Å²) in [6.45, 7) is 8.47. The van der Waals surface area contributed by atoms with Crippen LogP contribution in [-0.4, -0.2) is 41.3 Å². The van der Waals surface area contributed by atoms with E-state index >= 15 is 0 Å². The molecule has 1 aliphatic carbocycles. The summed E-state index contributed by atoms with van der Waals surface area (Å²) in [7, 11) is 0. The highest BCUT2D eigenvalue weighted by Crippen LogP contribution is 2.39. The number of hydrogen-bond acceptors (Lipinski definition) is 3. The topological polar surface area (TPSA) is 62.3 Å². The third-order valence-corrected chi connectivity index (χ3v) is 6.57. The second-order valence-electron chi connectivity index (χ2n) is 9.51. The number of nitrogens with one attached hydrogen (secondary N) is 1. The Kier molecular flexibility index (Phi) is 5.32. The van der Waals surface area contributed by atoms with Crippen molar-refractivity contribution < 1.29 is 9.59 Å². The fraction of sp³-hybridized carbons (Fsp3) is 0.542. The van der Waals surface area contributed by atoms with Crippen LogP contribution in [0, 0.1) is 11.3 Å². The SMILES string of the molecule is CC(C)(C)C1CCc2nc3ccccc3c(C(=O)NCC(=O)N3CCCC3)c2C1. The van der Waals surface area contributed by atoms with Crippen LogP contribution in [0.2, 0.25) is 0 Å². The molecule has 1 fully saturated rings. The first kappa shape index (κ1) is 19.9. The molecule has 0 saturated carbocycles. The van der Waals surface area contributed by atoms with Gasteiger partial charge in [-0.05, 0) is 55.1 Å². The number of benzene rings is 1. The monoisotopic (exact) mass is 393 g/mol. The van der Waals surface area contributed by atoms with E-state index < -0.39 is 0 Å². The van der Waals surface area contributed by atoms with E-state index in [0.717, 1.165) is 67.4 Å². The van der Waals surface area contributed by atoms with E-state index in [9.17, 15) is 9.59 Å². The van der Waals surface area contributed by atoms with E-state index in [2.05, 4.69) is 26.1 Å². The lowest BCUT2D eigenvalue weighted by Gasteiger charge is -2.35. The van der Waals surface area contributed by atoms with Gasteiger partial charge in [-0.1, -0.05) is 39.0 Å². The number of aryl methyl sites for hydroxylation is 1. The second-order valence-corrected chi connectivity index (χ2v) is 9.51. The summed E-state index contributed by atoms with van der Waals surface area (Å²) in [5.74, 6) is 0.369. The highest BCUT2D eigenvalue weighted by atomic mass is 16.2. The van der Waals surface area contributed by atoms with Gasteiger partial charge in [0, 0.05) is 24.2 Å². The number of fused-ring (bicyclic) bond motifs is 2. The second kappa shape index (κ2) is 7.77. The molecule has 5 nitrogen and oxygen atoms in total.